The fraction of sp³-hybridized carbons (Fsp3) is 0.571. The molecule has 2 N–H and O–H groups in total. The van der Waals surface area contributed by atoms with Gasteiger partial charge in [0.15, 0.2) is 0 Å². The molecule has 1 aromatic carbocycles. The Balaban J connectivity index is 2.63. The first-order valence-electron chi connectivity index (χ1n) is 6.04. The predicted octanol–water partition coefficient (Wildman–Crippen LogP) is 3.77. The van der Waals surface area contributed by atoms with Crippen LogP contribution in [-0.2, 0) is 6.42 Å². The van der Waals surface area contributed by atoms with Gasteiger partial charge in [0.1, 0.15) is 5.75 Å². The van der Waals surface area contributed by atoms with Crippen LogP contribution in [0.2, 0.25) is 0 Å². The maximum absolute atomic E-state index is 5.84. The third-order valence-corrected chi connectivity index (χ3v) is 3.04. The van der Waals surface area contributed by atoms with E-state index in [1.54, 1.807) is 0 Å². The van der Waals surface area contributed by atoms with E-state index in [1.807, 2.05) is 12.1 Å². The van der Waals surface area contributed by atoms with Crippen molar-refractivity contribution in [2.75, 3.05) is 13.2 Å². The van der Waals surface area contributed by atoms with Crippen molar-refractivity contribution in [3.8, 4) is 5.75 Å². The first-order valence-corrected chi connectivity index (χ1v) is 6.83. The van der Waals surface area contributed by atoms with Crippen molar-refractivity contribution in [1.82, 2.24) is 0 Å². The number of hydrogen-bond acceptors (Lipinski definition) is 2. The quantitative estimate of drug-likeness (QED) is 0.898. The Hall–Kier alpha value is -0.540. The van der Waals surface area contributed by atoms with Crippen molar-refractivity contribution >= 4 is 15.9 Å². The monoisotopic (exact) mass is 299 g/mol. The van der Waals surface area contributed by atoms with Gasteiger partial charge >= 0.3 is 0 Å². The van der Waals surface area contributed by atoms with Crippen LogP contribution in [0.15, 0.2) is 22.7 Å². The second kappa shape index (κ2) is 6.41. The van der Waals surface area contributed by atoms with Crippen LogP contribution in [0.1, 0.15) is 32.8 Å². The molecule has 1 aromatic rings. The Morgan fingerprint density at radius 3 is 2.59 bits per heavy atom. The summed E-state index contributed by atoms with van der Waals surface area (Å²) >= 11 is 3.47. The number of hydrogen-bond donors (Lipinski definition) is 1. The van der Waals surface area contributed by atoms with Gasteiger partial charge in [0.2, 0.25) is 0 Å². The second-order valence-electron chi connectivity index (χ2n) is 5.45. The van der Waals surface area contributed by atoms with Crippen molar-refractivity contribution in [3.63, 3.8) is 0 Å². The lowest BCUT2D eigenvalue weighted by Gasteiger charge is -2.19. The van der Waals surface area contributed by atoms with E-state index >= 15 is 0 Å². The third-order valence-electron chi connectivity index (χ3n) is 2.55. The number of rotatable bonds is 5. The molecule has 0 aliphatic carbocycles. The number of halogens is 1. The van der Waals surface area contributed by atoms with E-state index in [0.717, 1.165) is 29.7 Å². The molecule has 0 radical (unpaired) electrons. The molecule has 17 heavy (non-hydrogen) atoms. The van der Waals surface area contributed by atoms with Crippen molar-refractivity contribution in [2.45, 2.75) is 33.6 Å². The summed E-state index contributed by atoms with van der Waals surface area (Å²) < 4.78 is 6.92. The zero-order valence-corrected chi connectivity index (χ0v) is 12.5. The summed E-state index contributed by atoms with van der Waals surface area (Å²) in [5.41, 5.74) is 7.09. The van der Waals surface area contributed by atoms with E-state index in [4.69, 9.17) is 10.5 Å². The van der Waals surface area contributed by atoms with Crippen molar-refractivity contribution in [3.05, 3.63) is 28.2 Å². The van der Waals surface area contributed by atoms with E-state index < -0.39 is 0 Å². The minimum Gasteiger partial charge on any atom is -0.493 e. The van der Waals surface area contributed by atoms with Crippen LogP contribution in [0.5, 0.6) is 5.75 Å². The van der Waals surface area contributed by atoms with Gasteiger partial charge in [-0.1, -0.05) is 36.7 Å². The first kappa shape index (κ1) is 14.5. The smallest absolute Gasteiger partial charge is 0.122 e. The Labute approximate surface area is 113 Å². The molecular formula is C14H22BrNO. The van der Waals surface area contributed by atoms with Gasteiger partial charge in [0.25, 0.3) is 0 Å². The molecule has 3 heteroatoms. The molecule has 96 valence electrons. The molecule has 0 fully saturated rings. The molecule has 0 atom stereocenters. The van der Waals surface area contributed by atoms with E-state index in [0.29, 0.717) is 12.0 Å². The van der Waals surface area contributed by atoms with Gasteiger partial charge in [-0.25, -0.2) is 0 Å². The van der Waals surface area contributed by atoms with Gasteiger partial charge in [0, 0.05) is 4.47 Å². The fourth-order valence-electron chi connectivity index (χ4n) is 1.51. The van der Waals surface area contributed by atoms with Crippen LogP contribution >= 0.6 is 15.9 Å². The zero-order valence-electron chi connectivity index (χ0n) is 10.9. The molecule has 0 heterocycles. The lowest BCUT2D eigenvalue weighted by molar-refractivity contribution is 0.241. The maximum atomic E-state index is 5.84. The highest BCUT2D eigenvalue weighted by Gasteiger charge is 2.11. The largest absolute Gasteiger partial charge is 0.493 e. The van der Waals surface area contributed by atoms with Crippen LogP contribution in [0.3, 0.4) is 0 Å². The molecule has 0 amide bonds. The van der Waals surface area contributed by atoms with E-state index in [9.17, 15) is 0 Å². The number of ether oxygens (including phenoxy) is 1. The fourth-order valence-corrected chi connectivity index (χ4v) is 1.92. The highest BCUT2D eigenvalue weighted by molar-refractivity contribution is 9.10. The number of benzene rings is 1. The summed E-state index contributed by atoms with van der Waals surface area (Å²) in [6.07, 6.45) is 1.90. The Kier molecular flexibility index (Phi) is 5.47. The molecule has 1 rings (SSSR count). The Morgan fingerprint density at radius 2 is 2.00 bits per heavy atom. The first-order chi connectivity index (χ1) is 7.92. The van der Waals surface area contributed by atoms with E-state index in [1.165, 1.54) is 5.56 Å². The topological polar surface area (TPSA) is 35.2 Å². The van der Waals surface area contributed by atoms with Crippen molar-refractivity contribution in [1.29, 1.82) is 0 Å². The number of nitrogens with two attached hydrogens (primary N) is 1. The summed E-state index contributed by atoms with van der Waals surface area (Å²) in [5.74, 6) is 0.961. The van der Waals surface area contributed by atoms with Gasteiger partial charge in [0.05, 0.1) is 6.61 Å². The van der Waals surface area contributed by atoms with Crippen LogP contribution in [-0.4, -0.2) is 13.2 Å². The van der Waals surface area contributed by atoms with Gasteiger partial charge in [-0.15, -0.1) is 0 Å². The normalized spacial score (nSPS) is 11.6. The van der Waals surface area contributed by atoms with Crippen molar-refractivity contribution in [2.24, 2.45) is 11.1 Å². The summed E-state index contributed by atoms with van der Waals surface area (Å²) in [5, 5.41) is 0. The van der Waals surface area contributed by atoms with E-state index in [-0.39, 0.29) is 0 Å². The van der Waals surface area contributed by atoms with Crippen molar-refractivity contribution < 1.29 is 4.74 Å². The van der Waals surface area contributed by atoms with Crippen LogP contribution in [0, 0.1) is 5.41 Å². The summed E-state index contributed by atoms with van der Waals surface area (Å²) in [7, 11) is 0. The zero-order chi connectivity index (χ0) is 12.9. The van der Waals surface area contributed by atoms with Gasteiger partial charge < -0.3 is 10.5 Å². The van der Waals surface area contributed by atoms with Crippen LogP contribution < -0.4 is 10.5 Å². The highest BCUT2D eigenvalue weighted by Crippen LogP contribution is 2.25. The highest BCUT2D eigenvalue weighted by atomic mass is 79.9. The summed E-state index contributed by atoms with van der Waals surface area (Å²) in [4.78, 5) is 0. The molecule has 0 spiro atoms. The lowest BCUT2D eigenvalue weighted by Crippen LogP contribution is -2.12. The average Bonchev–Trinajstić information content (AvgIpc) is 2.20. The molecule has 0 unspecified atom stereocenters. The molecule has 0 saturated heterocycles. The minimum atomic E-state index is 0.309. The van der Waals surface area contributed by atoms with E-state index in [2.05, 4.69) is 42.8 Å². The standard InChI is InChI=1S/C14H22BrNO/c1-14(2,3)7-9-17-13-5-4-12(15)10-11(13)6-8-16/h4-5,10H,6-9,16H2,1-3H3. The van der Waals surface area contributed by atoms with Gasteiger partial charge in [-0.2, -0.15) is 0 Å². The predicted molar refractivity (Wildman–Crippen MR) is 76.5 cm³/mol. The average molecular weight is 300 g/mol. The molecule has 0 aromatic heterocycles. The van der Waals surface area contributed by atoms with Crippen LogP contribution in [0.25, 0.3) is 0 Å². The SMILES string of the molecule is CC(C)(C)CCOc1ccc(Br)cc1CCN. The third kappa shape index (κ3) is 5.55. The summed E-state index contributed by atoms with van der Waals surface area (Å²) in [6, 6.07) is 6.10. The Bertz CT molecular complexity index is 358. The Morgan fingerprint density at radius 1 is 1.29 bits per heavy atom. The molecule has 0 bridgehead atoms. The molecule has 0 aliphatic heterocycles. The summed E-state index contributed by atoms with van der Waals surface area (Å²) in [6.45, 7) is 8.06. The molecular weight excluding hydrogens is 278 g/mol. The maximum Gasteiger partial charge on any atom is 0.122 e. The molecule has 0 saturated carbocycles. The van der Waals surface area contributed by atoms with Gasteiger partial charge in [-0.3, -0.25) is 0 Å². The molecule has 2 nitrogen and oxygen atoms in total. The van der Waals surface area contributed by atoms with Gasteiger partial charge in [-0.05, 0) is 48.6 Å². The molecule has 0 aliphatic rings. The second-order valence-corrected chi connectivity index (χ2v) is 6.37. The lowest BCUT2D eigenvalue weighted by atomic mass is 9.93. The van der Waals surface area contributed by atoms with Crippen LogP contribution in [0.4, 0.5) is 0 Å². The minimum absolute atomic E-state index is 0.309.